The van der Waals surface area contributed by atoms with E-state index in [4.69, 9.17) is 34.8 Å². The lowest BCUT2D eigenvalue weighted by atomic mass is 10.2. The Bertz CT molecular complexity index is 321. The van der Waals surface area contributed by atoms with Crippen LogP contribution >= 0.6 is 34.8 Å². The van der Waals surface area contributed by atoms with Crippen LogP contribution in [0.15, 0.2) is 18.2 Å². The summed E-state index contributed by atoms with van der Waals surface area (Å²) in [7, 11) is 2.08. The number of rotatable bonds is 7. The standard InChI is InChI=1S/C13H18Cl3N/c1-17(9-4-2-3-8-14)10-11-12(15)6-5-7-13(11)16/h5-7H,2-4,8-10H2,1H3. The van der Waals surface area contributed by atoms with Gasteiger partial charge in [-0.15, -0.1) is 11.6 Å². The van der Waals surface area contributed by atoms with Crippen LogP contribution in [0.2, 0.25) is 10.0 Å². The summed E-state index contributed by atoms with van der Waals surface area (Å²) >= 11 is 17.9. The van der Waals surface area contributed by atoms with Gasteiger partial charge in [0.05, 0.1) is 0 Å². The van der Waals surface area contributed by atoms with Gasteiger partial charge in [-0.1, -0.05) is 35.7 Å². The molecule has 1 aromatic rings. The molecule has 0 N–H and O–H groups in total. The van der Waals surface area contributed by atoms with Gasteiger partial charge in [-0.05, 0) is 38.6 Å². The van der Waals surface area contributed by atoms with Crippen molar-refractivity contribution in [2.45, 2.75) is 25.8 Å². The minimum atomic E-state index is 0.741. The molecule has 0 bridgehead atoms. The zero-order chi connectivity index (χ0) is 12.7. The van der Waals surface area contributed by atoms with Crippen molar-refractivity contribution in [1.29, 1.82) is 0 Å². The fraction of sp³-hybridized carbons (Fsp3) is 0.538. The van der Waals surface area contributed by atoms with Crippen LogP contribution in [0.4, 0.5) is 0 Å². The zero-order valence-corrected chi connectivity index (χ0v) is 12.3. The minimum Gasteiger partial charge on any atom is -0.302 e. The molecule has 1 rings (SSSR count). The fourth-order valence-corrected chi connectivity index (χ4v) is 2.39. The molecule has 0 heterocycles. The summed E-state index contributed by atoms with van der Waals surface area (Å²) in [5, 5.41) is 1.48. The van der Waals surface area contributed by atoms with Gasteiger partial charge in [0.15, 0.2) is 0 Å². The van der Waals surface area contributed by atoms with Crippen LogP contribution in [-0.4, -0.2) is 24.4 Å². The fourth-order valence-electron chi connectivity index (χ4n) is 1.69. The molecule has 4 heteroatoms. The second kappa shape index (κ2) is 8.20. The van der Waals surface area contributed by atoms with Gasteiger partial charge in [-0.25, -0.2) is 0 Å². The maximum absolute atomic E-state index is 6.13. The van der Waals surface area contributed by atoms with Crippen LogP contribution in [0.3, 0.4) is 0 Å². The highest BCUT2D eigenvalue weighted by Gasteiger charge is 2.08. The van der Waals surface area contributed by atoms with Crippen molar-refractivity contribution in [2.24, 2.45) is 0 Å². The molecule has 0 aliphatic carbocycles. The van der Waals surface area contributed by atoms with Gasteiger partial charge >= 0.3 is 0 Å². The van der Waals surface area contributed by atoms with Crippen molar-refractivity contribution in [3.8, 4) is 0 Å². The van der Waals surface area contributed by atoms with Crippen LogP contribution in [0, 0.1) is 0 Å². The summed E-state index contributed by atoms with van der Waals surface area (Å²) < 4.78 is 0. The van der Waals surface area contributed by atoms with E-state index < -0.39 is 0 Å². The molecule has 0 unspecified atom stereocenters. The highest BCUT2D eigenvalue weighted by molar-refractivity contribution is 6.35. The molecule has 1 aromatic carbocycles. The second-order valence-electron chi connectivity index (χ2n) is 4.19. The Morgan fingerprint density at radius 2 is 1.71 bits per heavy atom. The molecule has 96 valence electrons. The Hall–Kier alpha value is 0.0500. The number of hydrogen-bond acceptors (Lipinski definition) is 1. The number of hydrogen-bond donors (Lipinski definition) is 0. The third-order valence-electron chi connectivity index (χ3n) is 2.66. The molecular formula is C13H18Cl3N. The Balaban J connectivity index is 2.42. The molecular weight excluding hydrogens is 277 g/mol. The summed E-state index contributed by atoms with van der Waals surface area (Å²) in [6.07, 6.45) is 3.41. The predicted octanol–water partition coefficient (Wildman–Crippen LogP) is 4.83. The van der Waals surface area contributed by atoms with Crippen LogP contribution in [0.25, 0.3) is 0 Å². The lowest BCUT2D eigenvalue weighted by molar-refractivity contribution is 0.318. The van der Waals surface area contributed by atoms with Gasteiger partial charge in [0, 0.05) is 28.0 Å². The molecule has 0 saturated carbocycles. The summed E-state index contributed by atoms with van der Waals surface area (Å²) in [6.45, 7) is 1.83. The van der Waals surface area contributed by atoms with E-state index in [2.05, 4.69) is 11.9 Å². The first-order valence-corrected chi connectivity index (χ1v) is 7.11. The molecule has 0 radical (unpaired) electrons. The molecule has 0 saturated heterocycles. The van der Waals surface area contributed by atoms with E-state index in [1.54, 1.807) is 0 Å². The van der Waals surface area contributed by atoms with E-state index in [0.29, 0.717) is 0 Å². The quantitative estimate of drug-likeness (QED) is 0.514. The number of nitrogens with zero attached hydrogens (tertiary/aromatic N) is 1. The van der Waals surface area contributed by atoms with Crippen molar-refractivity contribution >= 4 is 34.8 Å². The third-order valence-corrected chi connectivity index (χ3v) is 3.64. The van der Waals surface area contributed by atoms with E-state index in [0.717, 1.165) is 47.4 Å². The summed E-state index contributed by atoms with van der Waals surface area (Å²) in [5.74, 6) is 0.750. The molecule has 0 spiro atoms. The Morgan fingerprint density at radius 1 is 1.06 bits per heavy atom. The SMILES string of the molecule is CN(CCCCCCl)Cc1c(Cl)cccc1Cl. The number of benzene rings is 1. The Labute approximate surface area is 119 Å². The molecule has 1 nitrogen and oxygen atoms in total. The monoisotopic (exact) mass is 293 g/mol. The van der Waals surface area contributed by atoms with Crippen molar-refractivity contribution < 1.29 is 0 Å². The van der Waals surface area contributed by atoms with Crippen molar-refractivity contribution in [1.82, 2.24) is 4.90 Å². The lowest BCUT2D eigenvalue weighted by Crippen LogP contribution is -2.19. The maximum atomic E-state index is 6.13. The first kappa shape index (κ1) is 15.1. The highest BCUT2D eigenvalue weighted by Crippen LogP contribution is 2.25. The smallest absolute Gasteiger partial charge is 0.0465 e. The summed E-state index contributed by atoms with van der Waals surface area (Å²) in [5.41, 5.74) is 1.01. The topological polar surface area (TPSA) is 3.24 Å². The largest absolute Gasteiger partial charge is 0.302 e. The number of unbranched alkanes of at least 4 members (excludes halogenated alkanes) is 2. The van der Waals surface area contributed by atoms with Crippen molar-refractivity contribution in [2.75, 3.05) is 19.5 Å². The molecule has 17 heavy (non-hydrogen) atoms. The third kappa shape index (κ3) is 5.48. The molecule has 0 amide bonds. The lowest BCUT2D eigenvalue weighted by Gasteiger charge is -2.18. The molecule has 0 atom stereocenters. The minimum absolute atomic E-state index is 0.741. The second-order valence-corrected chi connectivity index (χ2v) is 5.38. The zero-order valence-electron chi connectivity index (χ0n) is 10.1. The Kier molecular flexibility index (Phi) is 7.29. The first-order valence-electron chi connectivity index (χ1n) is 5.82. The van der Waals surface area contributed by atoms with E-state index >= 15 is 0 Å². The number of alkyl halides is 1. The van der Waals surface area contributed by atoms with Crippen LogP contribution < -0.4 is 0 Å². The van der Waals surface area contributed by atoms with Gasteiger partial charge in [-0.2, -0.15) is 0 Å². The average Bonchev–Trinajstić information content (AvgIpc) is 2.30. The van der Waals surface area contributed by atoms with Gasteiger partial charge in [-0.3, -0.25) is 0 Å². The molecule has 0 aliphatic heterocycles. The summed E-state index contributed by atoms with van der Waals surface area (Å²) in [6, 6.07) is 5.63. The van der Waals surface area contributed by atoms with Crippen LogP contribution in [0.5, 0.6) is 0 Å². The summed E-state index contributed by atoms with van der Waals surface area (Å²) in [4.78, 5) is 2.24. The first-order chi connectivity index (χ1) is 8.15. The van der Waals surface area contributed by atoms with Crippen LogP contribution in [0.1, 0.15) is 24.8 Å². The van der Waals surface area contributed by atoms with Gasteiger partial charge in [0.1, 0.15) is 0 Å². The highest BCUT2D eigenvalue weighted by atomic mass is 35.5. The van der Waals surface area contributed by atoms with Gasteiger partial charge in [0.25, 0.3) is 0 Å². The van der Waals surface area contributed by atoms with Gasteiger partial charge < -0.3 is 4.90 Å². The Morgan fingerprint density at radius 3 is 2.29 bits per heavy atom. The average molecular weight is 295 g/mol. The molecule has 0 aromatic heterocycles. The maximum Gasteiger partial charge on any atom is 0.0465 e. The van der Waals surface area contributed by atoms with Gasteiger partial charge in [0.2, 0.25) is 0 Å². The number of halogens is 3. The van der Waals surface area contributed by atoms with Crippen molar-refractivity contribution in [3.05, 3.63) is 33.8 Å². The normalized spacial score (nSPS) is 11.1. The predicted molar refractivity (Wildman–Crippen MR) is 77.4 cm³/mol. The molecule has 0 fully saturated rings. The van der Waals surface area contributed by atoms with E-state index in [-0.39, 0.29) is 0 Å². The molecule has 0 aliphatic rings. The van der Waals surface area contributed by atoms with E-state index in [1.807, 2.05) is 18.2 Å². The van der Waals surface area contributed by atoms with Crippen molar-refractivity contribution in [3.63, 3.8) is 0 Å². The van der Waals surface area contributed by atoms with E-state index in [1.165, 1.54) is 6.42 Å². The van der Waals surface area contributed by atoms with Crippen LogP contribution in [-0.2, 0) is 6.54 Å². The van der Waals surface area contributed by atoms with E-state index in [9.17, 15) is 0 Å².